The molecule has 146 valence electrons. The fourth-order valence-corrected chi connectivity index (χ4v) is 3.39. The van der Waals surface area contributed by atoms with Gasteiger partial charge in [0.15, 0.2) is 11.3 Å². The number of nitrogens with zero attached hydrogens (tertiary/aromatic N) is 3. The summed E-state index contributed by atoms with van der Waals surface area (Å²) in [4.78, 5) is 29.1. The third-order valence-corrected chi connectivity index (χ3v) is 4.92. The molecule has 1 fully saturated rings. The molecule has 1 saturated heterocycles. The van der Waals surface area contributed by atoms with Crippen molar-refractivity contribution in [3.05, 3.63) is 24.0 Å². The van der Waals surface area contributed by atoms with Crippen LogP contribution in [-0.2, 0) is 16.1 Å². The molecule has 2 aromatic rings. The first kappa shape index (κ1) is 19.3. The Morgan fingerprint density at radius 2 is 2.07 bits per heavy atom. The smallest absolute Gasteiger partial charge is 0.273 e. The van der Waals surface area contributed by atoms with Gasteiger partial charge in [0, 0.05) is 26.0 Å². The minimum atomic E-state index is -0.794. The molecule has 2 aromatic heterocycles. The van der Waals surface area contributed by atoms with Crippen molar-refractivity contribution in [2.24, 2.45) is 17.1 Å². The van der Waals surface area contributed by atoms with Crippen LogP contribution in [0.25, 0.3) is 11.0 Å². The zero-order valence-corrected chi connectivity index (χ0v) is 16.1. The molecule has 0 aliphatic carbocycles. The number of hydrogen-bond donors (Lipinski definition) is 2. The molecule has 0 aromatic carbocycles. The number of amides is 2. The molecule has 3 N–H and O–H groups in total. The van der Waals surface area contributed by atoms with E-state index in [9.17, 15) is 9.59 Å². The Morgan fingerprint density at radius 3 is 2.70 bits per heavy atom. The minimum absolute atomic E-state index is 0.264. The van der Waals surface area contributed by atoms with Crippen LogP contribution in [0.3, 0.4) is 0 Å². The second-order valence-electron chi connectivity index (χ2n) is 8.14. The largest absolute Gasteiger partial charge is 0.381 e. The molecule has 0 bridgehead atoms. The second-order valence-corrected chi connectivity index (χ2v) is 8.14. The lowest BCUT2D eigenvalue weighted by Crippen LogP contribution is -2.52. The van der Waals surface area contributed by atoms with Crippen LogP contribution < -0.4 is 11.1 Å². The first-order valence-corrected chi connectivity index (χ1v) is 9.27. The number of hydrogen-bond acceptors (Lipinski definition) is 5. The highest BCUT2D eigenvalue weighted by Gasteiger charge is 2.32. The third kappa shape index (κ3) is 4.27. The lowest BCUT2D eigenvalue weighted by atomic mass is 9.86. The molecule has 27 heavy (non-hydrogen) atoms. The molecule has 0 spiro atoms. The summed E-state index contributed by atoms with van der Waals surface area (Å²) in [5.74, 6) is -0.551. The van der Waals surface area contributed by atoms with Gasteiger partial charge in [0.2, 0.25) is 5.91 Å². The molecular weight excluding hydrogens is 346 g/mol. The van der Waals surface area contributed by atoms with E-state index in [4.69, 9.17) is 10.5 Å². The number of rotatable bonds is 5. The fourth-order valence-electron chi connectivity index (χ4n) is 3.39. The number of carbonyl (C=O) groups is 2. The van der Waals surface area contributed by atoms with Gasteiger partial charge in [-0.1, -0.05) is 20.8 Å². The number of nitrogens with two attached hydrogens (primary N) is 1. The highest BCUT2D eigenvalue weighted by atomic mass is 16.5. The van der Waals surface area contributed by atoms with Crippen LogP contribution in [0, 0.1) is 11.3 Å². The Hall–Kier alpha value is -2.48. The van der Waals surface area contributed by atoms with Crippen LogP contribution in [0.5, 0.6) is 0 Å². The molecule has 1 aliphatic rings. The summed E-state index contributed by atoms with van der Waals surface area (Å²) < 4.78 is 7.20. The van der Waals surface area contributed by atoms with E-state index in [1.807, 2.05) is 26.8 Å². The van der Waals surface area contributed by atoms with E-state index in [-0.39, 0.29) is 5.69 Å². The van der Waals surface area contributed by atoms with Crippen molar-refractivity contribution in [2.45, 2.75) is 46.2 Å². The predicted molar refractivity (Wildman–Crippen MR) is 101 cm³/mol. The lowest BCUT2D eigenvalue weighted by Gasteiger charge is -2.28. The first-order valence-electron chi connectivity index (χ1n) is 9.27. The minimum Gasteiger partial charge on any atom is -0.381 e. The first-order chi connectivity index (χ1) is 12.8. The maximum atomic E-state index is 12.9. The van der Waals surface area contributed by atoms with Gasteiger partial charge in [-0.2, -0.15) is 5.10 Å². The molecule has 0 radical (unpaired) electrons. The molecule has 0 saturated carbocycles. The summed E-state index contributed by atoms with van der Waals surface area (Å²) in [6.45, 7) is 7.74. The molecule has 8 heteroatoms. The number of nitrogens with one attached hydrogen (secondary N) is 1. The van der Waals surface area contributed by atoms with E-state index in [0.29, 0.717) is 23.5 Å². The Labute approximate surface area is 158 Å². The number of fused-ring (bicyclic) bond motifs is 1. The molecule has 2 amide bonds. The SMILES string of the molecule is CC(C)(C)[C@H](NC(=O)c1nn(CC2CCOCC2)c2ncccc12)C(N)=O. The number of carbonyl (C=O) groups excluding carboxylic acids is 2. The number of pyridine rings is 1. The lowest BCUT2D eigenvalue weighted by molar-refractivity contribution is -0.122. The van der Waals surface area contributed by atoms with Gasteiger partial charge in [0.1, 0.15) is 6.04 Å². The standard InChI is InChI=1S/C19H27N5O3/c1-19(2,3)15(16(20)25)22-18(26)14-13-5-4-8-21-17(13)24(23-14)11-12-6-9-27-10-7-12/h4-5,8,12,15H,6-7,9-11H2,1-3H3,(H2,20,25)(H,22,26)/t15-/m1/s1. The van der Waals surface area contributed by atoms with Crippen molar-refractivity contribution in [1.82, 2.24) is 20.1 Å². The molecule has 3 rings (SSSR count). The van der Waals surface area contributed by atoms with Gasteiger partial charge in [-0.3, -0.25) is 9.59 Å². The number of primary amides is 1. The Bertz CT molecular complexity index is 833. The van der Waals surface area contributed by atoms with Gasteiger partial charge in [0.25, 0.3) is 5.91 Å². The average molecular weight is 373 g/mol. The van der Waals surface area contributed by atoms with Crippen molar-refractivity contribution < 1.29 is 14.3 Å². The van der Waals surface area contributed by atoms with Gasteiger partial charge < -0.3 is 15.8 Å². The summed E-state index contributed by atoms with van der Waals surface area (Å²) >= 11 is 0. The van der Waals surface area contributed by atoms with E-state index in [1.54, 1.807) is 16.9 Å². The summed E-state index contributed by atoms with van der Waals surface area (Å²) in [5, 5.41) is 7.94. The summed E-state index contributed by atoms with van der Waals surface area (Å²) in [6, 6.07) is 2.80. The summed E-state index contributed by atoms with van der Waals surface area (Å²) in [5.41, 5.74) is 5.92. The highest BCUT2D eigenvalue weighted by molar-refractivity contribution is 6.05. The molecule has 3 heterocycles. The van der Waals surface area contributed by atoms with Crippen LogP contribution in [0.15, 0.2) is 18.3 Å². The Morgan fingerprint density at radius 1 is 1.37 bits per heavy atom. The Kier molecular flexibility index (Phi) is 5.46. The zero-order valence-electron chi connectivity index (χ0n) is 16.1. The molecular formula is C19H27N5O3. The maximum absolute atomic E-state index is 12.9. The molecule has 1 aliphatic heterocycles. The fraction of sp³-hybridized carbons (Fsp3) is 0.579. The molecule has 1 atom stereocenters. The van der Waals surface area contributed by atoms with Crippen LogP contribution in [0.1, 0.15) is 44.1 Å². The molecule has 8 nitrogen and oxygen atoms in total. The van der Waals surface area contributed by atoms with Gasteiger partial charge >= 0.3 is 0 Å². The van der Waals surface area contributed by atoms with Crippen LogP contribution >= 0.6 is 0 Å². The van der Waals surface area contributed by atoms with Crippen molar-refractivity contribution in [3.63, 3.8) is 0 Å². The zero-order chi connectivity index (χ0) is 19.6. The van der Waals surface area contributed by atoms with Gasteiger partial charge in [-0.25, -0.2) is 9.67 Å². The third-order valence-electron chi connectivity index (χ3n) is 4.92. The van der Waals surface area contributed by atoms with Crippen LogP contribution in [0.2, 0.25) is 0 Å². The van der Waals surface area contributed by atoms with Crippen LogP contribution in [0.4, 0.5) is 0 Å². The van der Waals surface area contributed by atoms with Crippen molar-refractivity contribution >= 4 is 22.8 Å². The number of aromatic nitrogens is 3. The summed E-state index contributed by atoms with van der Waals surface area (Å²) in [6.07, 6.45) is 3.61. The average Bonchev–Trinajstić information content (AvgIpc) is 2.98. The monoisotopic (exact) mass is 373 g/mol. The van der Waals surface area contributed by atoms with Crippen LogP contribution in [-0.4, -0.2) is 45.8 Å². The topological polar surface area (TPSA) is 112 Å². The van der Waals surface area contributed by atoms with Crippen molar-refractivity contribution in [1.29, 1.82) is 0 Å². The van der Waals surface area contributed by atoms with Gasteiger partial charge in [-0.05, 0) is 36.3 Å². The van der Waals surface area contributed by atoms with E-state index in [0.717, 1.165) is 26.1 Å². The van der Waals surface area contributed by atoms with E-state index >= 15 is 0 Å². The van der Waals surface area contributed by atoms with E-state index in [1.165, 1.54) is 0 Å². The molecule has 0 unspecified atom stereocenters. The number of ether oxygens (including phenoxy) is 1. The summed E-state index contributed by atoms with van der Waals surface area (Å²) in [7, 11) is 0. The second kappa shape index (κ2) is 7.64. The normalized spacial score (nSPS) is 17.0. The maximum Gasteiger partial charge on any atom is 0.273 e. The Balaban J connectivity index is 1.89. The quantitative estimate of drug-likeness (QED) is 0.824. The van der Waals surface area contributed by atoms with Gasteiger partial charge in [-0.15, -0.1) is 0 Å². The van der Waals surface area contributed by atoms with Crippen molar-refractivity contribution in [2.75, 3.05) is 13.2 Å². The van der Waals surface area contributed by atoms with Crippen molar-refractivity contribution in [3.8, 4) is 0 Å². The predicted octanol–water partition coefficient (Wildman–Crippen LogP) is 1.49. The van der Waals surface area contributed by atoms with Gasteiger partial charge in [0.05, 0.1) is 5.39 Å². The van der Waals surface area contributed by atoms with E-state index in [2.05, 4.69) is 15.4 Å². The van der Waals surface area contributed by atoms with E-state index < -0.39 is 23.3 Å². The highest BCUT2D eigenvalue weighted by Crippen LogP contribution is 2.23.